The number of halogens is 3. The maximum atomic E-state index is 12.5. The molecule has 5 heteroatoms. The number of nitrogens with zero attached hydrogens (tertiary/aromatic N) is 1. The van der Waals surface area contributed by atoms with E-state index in [1.807, 2.05) is 36.9 Å². The van der Waals surface area contributed by atoms with Gasteiger partial charge in [0.25, 0.3) is 5.91 Å². The number of amides is 1. The van der Waals surface area contributed by atoms with E-state index in [0.717, 1.165) is 27.2 Å². The molecule has 1 amide bonds. The van der Waals surface area contributed by atoms with Gasteiger partial charge in [-0.05, 0) is 54.4 Å². The van der Waals surface area contributed by atoms with Crippen molar-refractivity contribution >= 4 is 53.7 Å². The van der Waals surface area contributed by atoms with Gasteiger partial charge >= 0.3 is 0 Å². The first-order valence-corrected chi connectivity index (χ1v) is 8.50. The molecule has 0 unspecified atom stereocenters. The third-order valence-corrected chi connectivity index (χ3v) is 4.32. The smallest absolute Gasteiger partial charge is 0.255 e. The average Bonchev–Trinajstić information content (AvgIpc) is 2.32. The minimum absolute atomic E-state index is 0.0686. The van der Waals surface area contributed by atoms with Crippen LogP contribution in [0.4, 0.5) is 0 Å². The molecule has 0 aliphatic carbocycles. The Morgan fingerprint density at radius 1 is 1.33 bits per heavy atom. The number of alkyl halides is 1. The Hall–Kier alpha value is 0.130. The van der Waals surface area contributed by atoms with Crippen LogP contribution in [0.15, 0.2) is 27.1 Å². The number of benzene rings is 1. The van der Waals surface area contributed by atoms with Gasteiger partial charge < -0.3 is 4.90 Å². The molecule has 2 nitrogen and oxygen atoms in total. The molecule has 0 spiro atoms. The van der Waals surface area contributed by atoms with Gasteiger partial charge in [0.1, 0.15) is 0 Å². The highest BCUT2D eigenvalue weighted by atomic mass is 79.9. The predicted molar refractivity (Wildman–Crippen MR) is 86.4 cm³/mol. The number of hydrogen-bond donors (Lipinski definition) is 0. The Morgan fingerprint density at radius 2 is 2.00 bits per heavy atom. The second-order valence-corrected chi connectivity index (χ2v) is 6.82. The normalized spacial score (nSPS) is 10.8. The summed E-state index contributed by atoms with van der Waals surface area (Å²) in [6.45, 7) is 4.84. The quantitative estimate of drug-likeness (QED) is 0.598. The zero-order valence-corrected chi connectivity index (χ0v) is 15.2. The summed E-state index contributed by atoms with van der Waals surface area (Å²) in [7, 11) is 0. The minimum atomic E-state index is 0.0686. The standard InChI is InChI=1S/C13H16Br3NO/c1-9(2)17(7-3-6-14)13(18)11-8-10(15)4-5-12(11)16/h4-5,8-9H,3,6-7H2,1-2H3. The number of carbonyl (C=O) groups excluding carboxylic acids is 1. The van der Waals surface area contributed by atoms with Crippen LogP contribution in [0, 0.1) is 0 Å². The lowest BCUT2D eigenvalue weighted by atomic mass is 10.1. The molecule has 0 saturated carbocycles. The van der Waals surface area contributed by atoms with Gasteiger partial charge in [0, 0.05) is 26.9 Å². The van der Waals surface area contributed by atoms with Crippen LogP contribution >= 0.6 is 47.8 Å². The van der Waals surface area contributed by atoms with Crippen molar-refractivity contribution in [1.29, 1.82) is 0 Å². The van der Waals surface area contributed by atoms with E-state index in [9.17, 15) is 4.79 Å². The molecule has 0 fully saturated rings. The molecule has 1 aromatic rings. The Kier molecular flexibility index (Phi) is 6.88. The molecule has 0 heterocycles. The Bertz CT molecular complexity index is 421. The summed E-state index contributed by atoms with van der Waals surface area (Å²) in [6, 6.07) is 5.86. The molecule has 0 aliphatic rings. The van der Waals surface area contributed by atoms with Crippen molar-refractivity contribution in [3.05, 3.63) is 32.7 Å². The van der Waals surface area contributed by atoms with Gasteiger partial charge in [0.05, 0.1) is 5.56 Å². The molecule has 0 aromatic heterocycles. The number of carbonyl (C=O) groups is 1. The Balaban J connectivity index is 2.98. The van der Waals surface area contributed by atoms with Crippen molar-refractivity contribution in [3.63, 3.8) is 0 Å². The fourth-order valence-electron chi connectivity index (χ4n) is 1.64. The zero-order valence-electron chi connectivity index (χ0n) is 10.4. The second-order valence-electron chi connectivity index (χ2n) is 4.26. The largest absolute Gasteiger partial charge is 0.336 e. The van der Waals surface area contributed by atoms with Crippen molar-refractivity contribution in [2.75, 3.05) is 11.9 Å². The van der Waals surface area contributed by atoms with E-state index in [1.54, 1.807) is 0 Å². The SMILES string of the molecule is CC(C)N(CCCBr)C(=O)c1cc(Br)ccc1Br. The highest BCUT2D eigenvalue weighted by Crippen LogP contribution is 2.23. The number of rotatable bonds is 5. The van der Waals surface area contributed by atoms with Gasteiger partial charge in [-0.25, -0.2) is 0 Å². The van der Waals surface area contributed by atoms with Gasteiger partial charge in [-0.15, -0.1) is 0 Å². The molecule has 100 valence electrons. The molecule has 0 N–H and O–H groups in total. The summed E-state index contributed by atoms with van der Waals surface area (Å²) < 4.78 is 1.75. The fourth-order valence-corrected chi connectivity index (χ4v) is 2.67. The van der Waals surface area contributed by atoms with Crippen LogP contribution in [0.2, 0.25) is 0 Å². The summed E-state index contributed by atoms with van der Waals surface area (Å²) in [4.78, 5) is 14.4. The zero-order chi connectivity index (χ0) is 13.7. The molecule has 1 aromatic carbocycles. The number of hydrogen-bond acceptors (Lipinski definition) is 1. The molecule has 0 bridgehead atoms. The lowest BCUT2D eigenvalue weighted by Crippen LogP contribution is -2.38. The molecular weight excluding hydrogens is 426 g/mol. The van der Waals surface area contributed by atoms with Crippen LogP contribution in [0.5, 0.6) is 0 Å². The topological polar surface area (TPSA) is 20.3 Å². The maximum Gasteiger partial charge on any atom is 0.255 e. The van der Waals surface area contributed by atoms with Crippen LogP contribution in [0.25, 0.3) is 0 Å². The first kappa shape index (κ1) is 16.2. The summed E-state index contributed by atoms with van der Waals surface area (Å²) in [6.07, 6.45) is 0.954. The summed E-state index contributed by atoms with van der Waals surface area (Å²) in [5.74, 6) is 0.0686. The van der Waals surface area contributed by atoms with Crippen molar-refractivity contribution in [3.8, 4) is 0 Å². The van der Waals surface area contributed by atoms with Gasteiger partial charge in [-0.3, -0.25) is 4.79 Å². The lowest BCUT2D eigenvalue weighted by Gasteiger charge is -2.27. The van der Waals surface area contributed by atoms with Crippen molar-refractivity contribution in [2.45, 2.75) is 26.3 Å². The van der Waals surface area contributed by atoms with Crippen molar-refractivity contribution in [2.24, 2.45) is 0 Å². The molecule has 0 radical (unpaired) electrons. The molecule has 0 saturated heterocycles. The third kappa shape index (κ3) is 4.35. The van der Waals surface area contributed by atoms with E-state index in [2.05, 4.69) is 47.8 Å². The second kappa shape index (κ2) is 7.65. The van der Waals surface area contributed by atoms with E-state index in [1.165, 1.54) is 0 Å². The Labute approximate surface area is 134 Å². The highest BCUT2D eigenvalue weighted by molar-refractivity contribution is 9.11. The highest BCUT2D eigenvalue weighted by Gasteiger charge is 2.20. The summed E-state index contributed by atoms with van der Waals surface area (Å²) >= 11 is 10.2. The van der Waals surface area contributed by atoms with Crippen LogP contribution < -0.4 is 0 Å². The van der Waals surface area contributed by atoms with Crippen LogP contribution in [-0.4, -0.2) is 28.7 Å². The molecule has 0 atom stereocenters. The summed E-state index contributed by atoms with van der Waals surface area (Å²) in [5.41, 5.74) is 0.702. The fraction of sp³-hybridized carbons (Fsp3) is 0.462. The minimum Gasteiger partial charge on any atom is -0.336 e. The summed E-state index contributed by atoms with van der Waals surface area (Å²) in [5, 5.41) is 0.906. The van der Waals surface area contributed by atoms with Gasteiger partial charge in [0.15, 0.2) is 0 Å². The van der Waals surface area contributed by atoms with Gasteiger partial charge in [-0.2, -0.15) is 0 Å². The lowest BCUT2D eigenvalue weighted by molar-refractivity contribution is 0.0705. The van der Waals surface area contributed by atoms with Crippen molar-refractivity contribution in [1.82, 2.24) is 4.90 Å². The van der Waals surface area contributed by atoms with Gasteiger partial charge in [-0.1, -0.05) is 31.9 Å². The van der Waals surface area contributed by atoms with E-state index >= 15 is 0 Å². The van der Waals surface area contributed by atoms with Gasteiger partial charge in [0.2, 0.25) is 0 Å². The maximum absolute atomic E-state index is 12.5. The van der Waals surface area contributed by atoms with E-state index < -0.39 is 0 Å². The van der Waals surface area contributed by atoms with Crippen LogP contribution in [0.3, 0.4) is 0 Å². The predicted octanol–water partition coefficient (Wildman–Crippen LogP) is 4.85. The third-order valence-electron chi connectivity index (χ3n) is 2.58. The van der Waals surface area contributed by atoms with Crippen LogP contribution in [-0.2, 0) is 0 Å². The first-order valence-electron chi connectivity index (χ1n) is 5.79. The van der Waals surface area contributed by atoms with E-state index in [-0.39, 0.29) is 11.9 Å². The molecule has 0 aliphatic heterocycles. The average molecular weight is 442 g/mol. The van der Waals surface area contributed by atoms with E-state index in [0.29, 0.717) is 5.56 Å². The van der Waals surface area contributed by atoms with E-state index in [4.69, 9.17) is 0 Å². The van der Waals surface area contributed by atoms with Crippen molar-refractivity contribution < 1.29 is 4.79 Å². The molecule has 1 rings (SSSR count). The Morgan fingerprint density at radius 3 is 2.56 bits per heavy atom. The molecule has 18 heavy (non-hydrogen) atoms. The first-order chi connectivity index (χ1) is 8.47. The van der Waals surface area contributed by atoms with Crippen LogP contribution in [0.1, 0.15) is 30.6 Å². The monoisotopic (exact) mass is 439 g/mol. The molecular formula is C13H16Br3NO.